The Hall–Kier alpha value is -3.22. The Kier molecular flexibility index (Phi) is 4.81. The van der Waals surface area contributed by atoms with E-state index >= 15 is 0 Å². The first-order chi connectivity index (χ1) is 11.7. The van der Waals surface area contributed by atoms with Gasteiger partial charge in [0.2, 0.25) is 0 Å². The highest BCUT2D eigenvalue weighted by Gasteiger charge is 2.06. The van der Waals surface area contributed by atoms with Gasteiger partial charge in [0.1, 0.15) is 11.5 Å². The Morgan fingerprint density at radius 2 is 2.08 bits per heavy atom. The second-order valence-electron chi connectivity index (χ2n) is 5.13. The molecule has 24 heavy (non-hydrogen) atoms. The summed E-state index contributed by atoms with van der Waals surface area (Å²) in [6.45, 7) is 0.936. The van der Waals surface area contributed by atoms with Gasteiger partial charge >= 0.3 is 6.03 Å². The van der Waals surface area contributed by atoms with E-state index in [4.69, 9.17) is 9.15 Å². The number of ether oxygens (including phenoxy) is 1. The SMILES string of the molecule is COc1ccc(Cn2ccc(NC(=O)NCc3ccco3)n2)cc1. The van der Waals surface area contributed by atoms with Crippen molar-refractivity contribution in [3.05, 3.63) is 66.2 Å². The molecule has 7 heteroatoms. The number of benzene rings is 1. The van der Waals surface area contributed by atoms with E-state index in [0.717, 1.165) is 11.3 Å². The van der Waals surface area contributed by atoms with E-state index in [0.29, 0.717) is 24.7 Å². The molecule has 0 fully saturated rings. The molecule has 1 aromatic carbocycles. The number of hydrogen-bond acceptors (Lipinski definition) is 4. The van der Waals surface area contributed by atoms with E-state index in [9.17, 15) is 4.79 Å². The number of carbonyl (C=O) groups is 1. The van der Waals surface area contributed by atoms with E-state index < -0.39 is 0 Å². The Bertz CT molecular complexity index is 779. The summed E-state index contributed by atoms with van der Waals surface area (Å²) >= 11 is 0. The fourth-order valence-electron chi connectivity index (χ4n) is 2.18. The second-order valence-corrected chi connectivity index (χ2v) is 5.13. The van der Waals surface area contributed by atoms with E-state index in [1.54, 1.807) is 36.3 Å². The number of hydrogen-bond donors (Lipinski definition) is 2. The summed E-state index contributed by atoms with van der Waals surface area (Å²) in [5.41, 5.74) is 1.09. The third kappa shape index (κ3) is 4.16. The Morgan fingerprint density at radius 3 is 2.79 bits per heavy atom. The van der Waals surface area contributed by atoms with Crippen LogP contribution in [0.1, 0.15) is 11.3 Å². The van der Waals surface area contributed by atoms with Crippen LogP contribution >= 0.6 is 0 Å². The van der Waals surface area contributed by atoms with Crippen molar-refractivity contribution in [3.8, 4) is 5.75 Å². The number of nitrogens with zero attached hydrogens (tertiary/aromatic N) is 2. The topological polar surface area (TPSA) is 81.3 Å². The van der Waals surface area contributed by atoms with Crippen LogP contribution in [0.2, 0.25) is 0 Å². The van der Waals surface area contributed by atoms with Gasteiger partial charge in [0.15, 0.2) is 5.82 Å². The number of nitrogens with one attached hydrogen (secondary N) is 2. The number of rotatable bonds is 6. The van der Waals surface area contributed by atoms with Crippen molar-refractivity contribution < 1.29 is 13.9 Å². The normalized spacial score (nSPS) is 10.4. The Morgan fingerprint density at radius 1 is 1.25 bits per heavy atom. The highest BCUT2D eigenvalue weighted by Crippen LogP contribution is 2.13. The van der Waals surface area contributed by atoms with Gasteiger partial charge in [-0.05, 0) is 29.8 Å². The molecule has 7 nitrogen and oxygen atoms in total. The molecular formula is C17H18N4O3. The van der Waals surface area contributed by atoms with Gasteiger partial charge in [0, 0.05) is 12.3 Å². The van der Waals surface area contributed by atoms with Crippen molar-refractivity contribution in [2.45, 2.75) is 13.1 Å². The van der Waals surface area contributed by atoms with Gasteiger partial charge in [-0.25, -0.2) is 4.79 Å². The van der Waals surface area contributed by atoms with Crippen LogP contribution in [0.4, 0.5) is 10.6 Å². The number of aromatic nitrogens is 2. The first-order valence-electron chi connectivity index (χ1n) is 7.46. The lowest BCUT2D eigenvalue weighted by Crippen LogP contribution is -2.28. The quantitative estimate of drug-likeness (QED) is 0.730. The molecule has 0 atom stereocenters. The molecule has 3 aromatic rings. The smallest absolute Gasteiger partial charge is 0.320 e. The summed E-state index contributed by atoms with van der Waals surface area (Å²) in [5, 5.41) is 9.71. The lowest BCUT2D eigenvalue weighted by Gasteiger charge is -2.05. The van der Waals surface area contributed by atoms with E-state index in [1.165, 1.54) is 0 Å². The molecule has 2 heterocycles. The van der Waals surface area contributed by atoms with Crippen molar-refractivity contribution >= 4 is 11.8 Å². The van der Waals surface area contributed by atoms with Crippen LogP contribution in [0.3, 0.4) is 0 Å². The Labute approximate surface area is 139 Å². The predicted octanol–water partition coefficient (Wildman–Crippen LogP) is 2.85. The van der Waals surface area contributed by atoms with Crippen molar-refractivity contribution in [2.75, 3.05) is 12.4 Å². The summed E-state index contributed by atoms with van der Waals surface area (Å²) in [6, 6.07) is 12.7. The Balaban J connectivity index is 1.51. The zero-order valence-electron chi connectivity index (χ0n) is 13.2. The molecule has 3 rings (SSSR count). The summed E-state index contributed by atoms with van der Waals surface area (Å²) in [4.78, 5) is 11.8. The molecular weight excluding hydrogens is 308 g/mol. The number of methoxy groups -OCH3 is 1. The standard InChI is InChI=1S/C17H18N4O3/c1-23-14-6-4-13(5-7-14)12-21-9-8-16(20-21)19-17(22)18-11-15-3-2-10-24-15/h2-10H,11-12H2,1H3,(H2,18,19,20,22). The van der Waals surface area contributed by atoms with Crippen molar-refractivity contribution in [1.82, 2.24) is 15.1 Å². The minimum atomic E-state index is -0.332. The highest BCUT2D eigenvalue weighted by atomic mass is 16.5. The van der Waals surface area contributed by atoms with Gasteiger partial charge in [-0.15, -0.1) is 0 Å². The summed E-state index contributed by atoms with van der Waals surface area (Å²) < 4.78 is 12.0. The highest BCUT2D eigenvalue weighted by molar-refractivity contribution is 5.87. The molecule has 2 aromatic heterocycles. The summed E-state index contributed by atoms with van der Waals surface area (Å²) in [7, 11) is 1.64. The molecule has 2 amide bonds. The first kappa shape index (κ1) is 15.7. The van der Waals surface area contributed by atoms with Crippen molar-refractivity contribution in [1.29, 1.82) is 0 Å². The van der Waals surface area contributed by atoms with E-state index in [-0.39, 0.29) is 6.03 Å². The summed E-state index contributed by atoms with van der Waals surface area (Å²) in [6.07, 6.45) is 3.38. The fourth-order valence-corrected chi connectivity index (χ4v) is 2.18. The van der Waals surface area contributed by atoms with Gasteiger partial charge in [-0.1, -0.05) is 12.1 Å². The van der Waals surface area contributed by atoms with Gasteiger partial charge in [-0.3, -0.25) is 10.00 Å². The molecule has 0 radical (unpaired) electrons. The maximum Gasteiger partial charge on any atom is 0.320 e. The average Bonchev–Trinajstić information content (AvgIpc) is 3.26. The maximum absolute atomic E-state index is 11.8. The molecule has 2 N–H and O–H groups in total. The van der Waals surface area contributed by atoms with Crippen molar-refractivity contribution in [3.63, 3.8) is 0 Å². The number of carbonyl (C=O) groups excluding carboxylic acids is 1. The fraction of sp³-hybridized carbons (Fsp3) is 0.176. The third-order valence-electron chi connectivity index (χ3n) is 3.39. The molecule has 0 aliphatic carbocycles. The largest absolute Gasteiger partial charge is 0.497 e. The molecule has 0 bridgehead atoms. The average molecular weight is 326 g/mol. The number of furan rings is 1. The van der Waals surface area contributed by atoms with E-state index in [1.807, 2.05) is 30.5 Å². The van der Waals surface area contributed by atoms with Gasteiger partial charge in [0.25, 0.3) is 0 Å². The second kappa shape index (κ2) is 7.36. The van der Waals surface area contributed by atoms with E-state index in [2.05, 4.69) is 15.7 Å². The molecule has 124 valence electrons. The molecule has 0 unspecified atom stereocenters. The minimum absolute atomic E-state index is 0.325. The molecule has 0 spiro atoms. The third-order valence-corrected chi connectivity index (χ3v) is 3.39. The zero-order chi connectivity index (χ0) is 16.8. The molecule has 0 aliphatic heterocycles. The number of anilines is 1. The molecule has 0 aliphatic rings. The molecule has 0 saturated carbocycles. The maximum atomic E-state index is 11.8. The van der Waals surface area contributed by atoms with Crippen LogP contribution < -0.4 is 15.4 Å². The van der Waals surface area contributed by atoms with Crippen LogP contribution in [-0.2, 0) is 13.1 Å². The number of urea groups is 1. The zero-order valence-corrected chi connectivity index (χ0v) is 13.2. The monoisotopic (exact) mass is 326 g/mol. The minimum Gasteiger partial charge on any atom is -0.497 e. The lowest BCUT2D eigenvalue weighted by molar-refractivity contribution is 0.250. The van der Waals surface area contributed by atoms with Gasteiger partial charge < -0.3 is 14.5 Å². The summed E-state index contributed by atoms with van der Waals surface area (Å²) in [5.74, 6) is 1.99. The lowest BCUT2D eigenvalue weighted by atomic mass is 10.2. The predicted molar refractivity (Wildman–Crippen MR) is 88.9 cm³/mol. The molecule has 0 saturated heterocycles. The first-order valence-corrected chi connectivity index (χ1v) is 7.46. The van der Waals surface area contributed by atoms with Crippen LogP contribution in [0.15, 0.2) is 59.3 Å². The van der Waals surface area contributed by atoms with Crippen molar-refractivity contribution in [2.24, 2.45) is 0 Å². The van der Waals surface area contributed by atoms with Gasteiger partial charge in [-0.2, -0.15) is 5.10 Å². The van der Waals surface area contributed by atoms with Gasteiger partial charge in [0.05, 0.1) is 26.5 Å². The van der Waals surface area contributed by atoms with Crippen LogP contribution in [0.25, 0.3) is 0 Å². The van der Waals surface area contributed by atoms with Crippen LogP contribution in [-0.4, -0.2) is 22.9 Å². The number of amides is 2. The van der Waals surface area contributed by atoms with Crippen LogP contribution in [0, 0.1) is 0 Å². The van der Waals surface area contributed by atoms with Crippen LogP contribution in [0.5, 0.6) is 5.75 Å².